The average Bonchev–Trinajstić information content (AvgIpc) is 3.15. The molecule has 0 saturated heterocycles. The Kier molecular flexibility index (Phi) is 9.21. The van der Waals surface area contributed by atoms with E-state index < -0.39 is 21.9 Å². The van der Waals surface area contributed by atoms with Crippen molar-refractivity contribution in [1.82, 2.24) is 8.87 Å². The van der Waals surface area contributed by atoms with Gasteiger partial charge in [0.1, 0.15) is 6.54 Å². The third kappa shape index (κ3) is 6.11. The highest BCUT2D eigenvalue weighted by molar-refractivity contribution is 7.89. The molecule has 0 unspecified atom stereocenters. The molecule has 0 spiro atoms. The van der Waals surface area contributed by atoms with Gasteiger partial charge in [-0.2, -0.15) is 9.30 Å². The van der Waals surface area contributed by atoms with Crippen molar-refractivity contribution >= 4 is 43.5 Å². The lowest BCUT2D eigenvalue weighted by atomic mass is 10.1. The summed E-state index contributed by atoms with van der Waals surface area (Å²) in [6.45, 7) is 10.6. The zero-order chi connectivity index (χ0) is 26.5. The maximum absolute atomic E-state index is 13.1. The van der Waals surface area contributed by atoms with Crippen LogP contribution in [0.25, 0.3) is 10.2 Å². The van der Waals surface area contributed by atoms with Crippen LogP contribution >= 0.6 is 11.3 Å². The Balaban J connectivity index is 2.01. The van der Waals surface area contributed by atoms with Gasteiger partial charge in [0.25, 0.3) is 5.91 Å². The lowest BCUT2D eigenvalue weighted by Gasteiger charge is -2.21. The van der Waals surface area contributed by atoms with Gasteiger partial charge < -0.3 is 9.30 Å². The normalized spacial score (nSPS) is 12.4. The average molecular weight is 532 g/mol. The molecule has 36 heavy (non-hydrogen) atoms. The second-order valence-electron chi connectivity index (χ2n) is 8.55. The van der Waals surface area contributed by atoms with Gasteiger partial charge in [-0.05, 0) is 75.1 Å². The Bertz CT molecular complexity index is 1410. The van der Waals surface area contributed by atoms with Crippen molar-refractivity contribution in [3.05, 3.63) is 57.9 Å². The summed E-state index contributed by atoms with van der Waals surface area (Å²) in [7, 11) is -3.64. The van der Waals surface area contributed by atoms with Gasteiger partial charge in [0, 0.05) is 18.7 Å². The number of hydrogen-bond donors (Lipinski definition) is 0. The van der Waals surface area contributed by atoms with E-state index in [4.69, 9.17) is 4.74 Å². The minimum Gasteiger partial charge on any atom is -0.465 e. The van der Waals surface area contributed by atoms with Crippen molar-refractivity contribution in [1.29, 1.82) is 0 Å². The van der Waals surface area contributed by atoms with Crippen molar-refractivity contribution in [2.75, 3.05) is 19.7 Å². The molecular weight excluding hydrogens is 498 g/mol. The van der Waals surface area contributed by atoms with Crippen LogP contribution in [0.15, 0.2) is 46.3 Å². The standard InChI is InChI=1S/C26H33N3O5S2/c1-6-13-28(14-7-2)36(32,33)21-11-9-20(10-12-21)25(31)27-26-29(17-23(30)34-8-3)24-19(5)15-18(4)16-22(24)35-26/h9-12,15-16H,6-8,13-14,17H2,1-5H3. The van der Waals surface area contributed by atoms with Crippen LogP contribution < -0.4 is 4.80 Å². The number of carbonyl (C=O) groups is 2. The molecule has 2 aromatic carbocycles. The fraction of sp³-hybridized carbons (Fsp3) is 0.423. The Morgan fingerprint density at radius 2 is 1.67 bits per heavy atom. The quantitative estimate of drug-likeness (QED) is 0.361. The first-order valence-corrected chi connectivity index (χ1v) is 14.3. The van der Waals surface area contributed by atoms with Crippen LogP contribution in [-0.2, 0) is 26.1 Å². The molecule has 10 heteroatoms. The zero-order valence-corrected chi connectivity index (χ0v) is 23.0. The second kappa shape index (κ2) is 11.9. The smallest absolute Gasteiger partial charge is 0.326 e. The number of benzene rings is 2. The number of nitrogens with zero attached hydrogens (tertiary/aromatic N) is 3. The van der Waals surface area contributed by atoms with E-state index in [0.29, 0.717) is 30.7 Å². The van der Waals surface area contributed by atoms with Gasteiger partial charge in [0.2, 0.25) is 10.0 Å². The molecule has 3 rings (SSSR count). The number of aryl methyl sites for hydroxylation is 2. The molecule has 0 aliphatic carbocycles. The van der Waals surface area contributed by atoms with Crippen LogP contribution in [0.5, 0.6) is 0 Å². The second-order valence-corrected chi connectivity index (χ2v) is 11.5. The van der Waals surface area contributed by atoms with E-state index in [1.807, 2.05) is 39.8 Å². The van der Waals surface area contributed by atoms with E-state index in [-0.39, 0.29) is 23.6 Å². The van der Waals surface area contributed by atoms with Gasteiger partial charge in [-0.1, -0.05) is 31.3 Å². The largest absolute Gasteiger partial charge is 0.465 e. The summed E-state index contributed by atoms with van der Waals surface area (Å²) in [5.41, 5.74) is 3.13. The summed E-state index contributed by atoms with van der Waals surface area (Å²) in [6, 6.07) is 9.86. The minimum absolute atomic E-state index is 0.0638. The van der Waals surface area contributed by atoms with Gasteiger partial charge in [-0.3, -0.25) is 9.59 Å². The molecule has 1 aromatic heterocycles. The van der Waals surface area contributed by atoms with Gasteiger partial charge in [-0.15, -0.1) is 0 Å². The first kappa shape index (κ1) is 27.8. The van der Waals surface area contributed by atoms with Gasteiger partial charge in [0.05, 0.1) is 21.7 Å². The molecule has 0 saturated carbocycles. The van der Waals surface area contributed by atoms with Gasteiger partial charge in [0.15, 0.2) is 4.80 Å². The van der Waals surface area contributed by atoms with Crippen molar-refractivity contribution in [3.8, 4) is 0 Å². The van der Waals surface area contributed by atoms with E-state index in [1.54, 1.807) is 11.5 Å². The predicted molar refractivity (Wildman–Crippen MR) is 142 cm³/mol. The number of carbonyl (C=O) groups excluding carboxylic acids is 2. The van der Waals surface area contributed by atoms with Crippen molar-refractivity contribution in [3.63, 3.8) is 0 Å². The Labute approximate surface area is 216 Å². The number of amides is 1. The summed E-state index contributed by atoms with van der Waals surface area (Å²) in [5.74, 6) is -0.930. The first-order valence-electron chi connectivity index (χ1n) is 12.1. The lowest BCUT2D eigenvalue weighted by molar-refractivity contribution is -0.143. The molecule has 0 bridgehead atoms. The third-order valence-electron chi connectivity index (χ3n) is 5.59. The minimum atomic E-state index is -3.64. The van der Waals surface area contributed by atoms with Crippen molar-refractivity contribution in [2.45, 2.75) is 58.9 Å². The Morgan fingerprint density at radius 1 is 1.03 bits per heavy atom. The summed E-state index contributed by atoms with van der Waals surface area (Å²) in [5, 5.41) is 0. The molecule has 0 radical (unpaired) electrons. The topological polar surface area (TPSA) is 98.0 Å². The number of sulfonamides is 1. The maximum Gasteiger partial charge on any atom is 0.326 e. The number of hydrogen-bond acceptors (Lipinski definition) is 6. The molecule has 1 heterocycles. The lowest BCUT2D eigenvalue weighted by Crippen LogP contribution is -2.32. The van der Waals surface area contributed by atoms with E-state index in [0.717, 1.165) is 21.3 Å². The predicted octanol–water partition coefficient (Wildman–Crippen LogP) is 4.43. The summed E-state index contributed by atoms with van der Waals surface area (Å²) < 4.78 is 35.2. The number of ether oxygens (including phenoxy) is 1. The number of esters is 1. The van der Waals surface area contributed by atoms with E-state index in [9.17, 15) is 18.0 Å². The van der Waals surface area contributed by atoms with Gasteiger partial charge >= 0.3 is 5.97 Å². The third-order valence-corrected chi connectivity index (χ3v) is 8.52. The molecule has 0 fully saturated rings. The number of aromatic nitrogens is 1. The van der Waals surface area contributed by atoms with E-state index in [1.165, 1.54) is 39.9 Å². The summed E-state index contributed by atoms with van der Waals surface area (Å²) in [6.07, 6.45) is 1.43. The first-order chi connectivity index (χ1) is 17.1. The van der Waals surface area contributed by atoms with Gasteiger partial charge in [-0.25, -0.2) is 8.42 Å². The van der Waals surface area contributed by atoms with E-state index in [2.05, 4.69) is 4.99 Å². The fourth-order valence-electron chi connectivity index (χ4n) is 4.08. The Morgan fingerprint density at radius 3 is 2.25 bits per heavy atom. The number of rotatable bonds is 10. The van der Waals surface area contributed by atoms with Crippen LogP contribution in [0, 0.1) is 13.8 Å². The van der Waals surface area contributed by atoms with Crippen LogP contribution in [0.3, 0.4) is 0 Å². The molecule has 0 N–H and O–H groups in total. The molecule has 8 nitrogen and oxygen atoms in total. The highest BCUT2D eigenvalue weighted by Crippen LogP contribution is 2.24. The van der Waals surface area contributed by atoms with Crippen LogP contribution in [-0.4, -0.2) is 48.9 Å². The fourth-order valence-corrected chi connectivity index (χ4v) is 6.91. The monoisotopic (exact) mass is 531 g/mol. The van der Waals surface area contributed by atoms with Crippen LogP contribution in [0.2, 0.25) is 0 Å². The highest BCUT2D eigenvalue weighted by atomic mass is 32.2. The molecule has 0 atom stereocenters. The van der Waals surface area contributed by atoms with Crippen molar-refractivity contribution < 1.29 is 22.7 Å². The van der Waals surface area contributed by atoms with E-state index >= 15 is 0 Å². The molecular formula is C26H33N3O5S2. The SMILES string of the molecule is CCCN(CCC)S(=O)(=O)c1ccc(C(=O)N=c2sc3cc(C)cc(C)c3n2CC(=O)OCC)cc1. The Hall–Kier alpha value is -2.82. The molecule has 0 aliphatic rings. The maximum atomic E-state index is 13.1. The van der Waals surface area contributed by atoms with Crippen LogP contribution in [0.1, 0.15) is 55.1 Å². The molecule has 0 aliphatic heterocycles. The van der Waals surface area contributed by atoms with Crippen molar-refractivity contribution in [2.24, 2.45) is 4.99 Å². The molecule has 3 aromatic rings. The number of thiazole rings is 1. The van der Waals surface area contributed by atoms with Crippen LogP contribution in [0.4, 0.5) is 0 Å². The summed E-state index contributed by atoms with van der Waals surface area (Å²) in [4.78, 5) is 30.2. The summed E-state index contributed by atoms with van der Waals surface area (Å²) >= 11 is 1.32. The molecule has 1 amide bonds. The zero-order valence-electron chi connectivity index (χ0n) is 21.4. The number of fused-ring (bicyclic) bond motifs is 1. The molecule has 194 valence electrons. The highest BCUT2D eigenvalue weighted by Gasteiger charge is 2.23.